The summed E-state index contributed by atoms with van der Waals surface area (Å²) in [4.78, 5) is 28.1. The highest BCUT2D eigenvalue weighted by atomic mass is 16.6. The third-order valence-electron chi connectivity index (χ3n) is 4.24. The highest BCUT2D eigenvalue weighted by molar-refractivity contribution is 6.12. The maximum atomic E-state index is 12.4. The summed E-state index contributed by atoms with van der Waals surface area (Å²) in [5.74, 6) is 0.590. The van der Waals surface area contributed by atoms with Crippen LogP contribution in [0.15, 0.2) is 64.8 Å². The second-order valence-electron chi connectivity index (χ2n) is 6.05. The highest BCUT2D eigenvalue weighted by Gasteiger charge is 2.28. The first-order chi connectivity index (χ1) is 12.1. The first-order valence-electron chi connectivity index (χ1n) is 8.00. The molecule has 0 radical (unpaired) electrons. The van der Waals surface area contributed by atoms with Crippen molar-refractivity contribution in [3.05, 3.63) is 59.8 Å². The molecule has 2 amide bonds. The van der Waals surface area contributed by atoms with Crippen molar-refractivity contribution in [2.45, 2.75) is 13.0 Å². The molecule has 6 heteroatoms. The number of ether oxygens (including phenoxy) is 2. The van der Waals surface area contributed by atoms with Gasteiger partial charge in [-0.05, 0) is 31.2 Å². The Morgan fingerprint density at radius 1 is 1.24 bits per heavy atom. The molecule has 1 aromatic carbocycles. The molecule has 0 fully saturated rings. The number of para-hydroxylation sites is 2. The van der Waals surface area contributed by atoms with Gasteiger partial charge in [0.1, 0.15) is 6.61 Å². The van der Waals surface area contributed by atoms with Crippen LogP contribution < -0.4 is 14.8 Å². The van der Waals surface area contributed by atoms with E-state index < -0.39 is 12.0 Å². The molecular weight excluding hydrogens is 320 g/mol. The number of nitrogens with zero attached hydrogens (tertiary/aromatic N) is 1. The number of carbonyl (C=O) groups is 2. The van der Waals surface area contributed by atoms with Gasteiger partial charge in [0.2, 0.25) is 12.0 Å². The van der Waals surface area contributed by atoms with Gasteiger partial charge in [-0.1, -0.05) is 23.8 Å². The molecule has 0 saturated carbocycles. The van der Waals surface area contributed by atoms with E-state index in [1.165, 1.54) is 0 Å². The second kappa shape index (κ2) is 6.05. The van der Waals surface area contributed by atoms with Crippen LogP contribution in [-0.2, 0) is 9.59 Å². The molecule has 6 nitrogen and oxygen atoms in total. The maximum Gasteiger partial charge on any atom is 0.290 e. The van der Waals surface area contributed by atoms with Gasteiger partial charge in [0.05, 0.1) is 5.71 Å². The fourth-order valence-electron chi connectivity index (χ4n) is 2.99. The average molecular weight is 336 g/mol. The predicted molar refractivity (Wildman–Crippen MR) is 91.4 cm³/mol. The summed E-state index contributed by atoms with van der Waals surface area (Å²) in [5, 5.41) is 2.79. The lowest BCUT2D eigenvalue weighted by molar-refractivity contribution is -0.126. The molecule has 1 aromatic rings. The van der Waals surface area contributed by atoms with E-state index in [2.05, 4.69) is 10.3 Å². The molecule has 1 N–H and O–H groups in total. The van der Waals surface area contributed by atoms with Crippen molar-refractivity contribution < 1.29 is 19.1 Å². The number of benzene rings is 1. The van der Waals surface area contributed by atoms with Gasteiger partial charge < -0.3 is 14.8 Å². The van der Waals surface area contributed by atoms with Gasteiger partial charge in [-0.15, -0.1) is 0 Å². The Hall–Kier alpha value is -3.15. The Morgan fingerprint density at radius 3 is 2.88 bits per heavy atom. The smallest absolute Gasteiger partial charge is 0.290 e. The Morgan fingerprint density at radius 2 is 2.04 bits per heavy atom. The van der Waals surface area contributed by atoms with Crippen LogP contribution in [0.5, 0.6) is 11.5 Å². The topological polar surface area (TPSA) is 77.0 Å². The molecule has 0 saturated heterocycles. The van der Waals surface area contributed by atoms with Crippen LogP contribution in [0.4, 0.5) is 0 Å². The second-order valence-corrected chi connectivity index (χ2v) is 6.05. The normalized spacial score (nSPS) is 25.6. The molecule has 0 aromatic heterocycles. The molecule has 1 aliphatic carbocycles. The van der Waals surface area contributed by atoms with Crippen LogP contribution in [0.25, 0.3) is 0 Å². The lowest BCUT2D eigenvalue weighted by Crippen LogP contribution is -2.36. The molecule has 2 heterocycles. The van der Waals surface area contributed by atoms with Gasteiger partial charge in [-0.3, -0.25) is 9.59 Å². The van der Waals surface area contributed by atoms with Gasteiger partial charge in [0.15, 0.2) is 11.5 Å². The number of hydrogen-bond acceptors (Lipinski definition) is 4. The largest absolute Gasteiger partial charge is 0.485 e. The summed E-state index contributed by atoms with van der Waals surface area (Å²) >= 11 is 0. The zero-order valence-corrected chi connectivity index (χ0v) is 13.6. The number of fused-ring (bicyclic) bond motifs is 2. The quantitative estimate of drug-likeness (QED) is 0.850. The van der Waals surface area contributed by atoms with E-state index in [0.29, 0.717) is 17.2 Å². The molecule has 2 aliphatic heterocycles. The van der Waals surface area contributed by atoms with E-state index in [4.69, 9.17) is 9.47 Å². The summed E-state index contributed by atoms with van der Waals surface area (Å²) < 4.78 is 11.2. The van der Waals surface area contributed by atoms with Crippen LogP contribution in [0.3, 0.4) is 0 Å². The van der Waals surface area contributed by atoms with Crippen molar-refractivity contribution >= 4 is 17.5 Å². The third-order valence-corrected chi connectivity index (χ3v) is 4.24. The maximum absolute atomic E-state index is 12.4. The fourth-order valence-corrected chi connectivity index (χ4v) is 2.99. The molecule has 4 rings (SSSR count). The Kier molecular flexibility index (Phi) is 3.72. The first kappa shape index (κ1) is 15.4. The first-order valence-corrected chi connectivity index (χ1v) is 8.00. The number of hydrogen-bond donors (Lipinski definition) is 1. The Balaban J connectivity index is 1.52. The van der Waals surface area contributed by atoms with Crippen molar-refractivity contribution in [2.24, 2.45) is 10.9 Å². The van der Waals surface area contributed by atoms with E-state index in [1.54, 1.807) is 30.4 Å². The summed E-state index contributed by atoms with van der Waals surface area (Å²) in [6, 6.07) is 7.20. The SMILES string of the molecule is CC1=CC(=O)NC2=CC(=NC(=O)C3COc4ccccc4O3)C=CC12. The standard InChI is InChI=1S/C19H16N2O4/c1-11-8-18(22)21-14-9-12(6-7-13(11)14)20-19(23)17-10-24-15-4-2-3-5-16(15)25-17/h2-9,13,17H,10H2,1H3,(H,21,22). The van der Waals surface area contributed by atoms with Gasteiger partial charge in [0, 0.05) is 17.7 Å². The molecule has 3 aliphatic rings. The van der Waals surface area contributed by atoms with E-state index in [-0.39, 0.29) is 18.4 Å². The molecule has 25 heavy (non-hydrogen) atoms. The average Bonchev–Trinajstić information content (AvgIpc) is 2.60. The minimum Gasteiger partial charge on any atom is -0.485 e. The zero-order valence-electron chi connectivity index (χ0n) is 13.6. The lowest BCUT2D eigenvalue weighted by Gasteiger charge is -2.26. The summed E-state index contributed by atoms with van der Waals surface area (Å²) in [5.41, 5.74) is 2.16. The van der Waals surface area contributed by atoms with E-state index in [1.807, 2.05) is 25.1 Å². The number of amides is 2. The summed E-state index contributed by atoms with van der Waals surface area (Å²) in [7, 11) is 0. The molecular formula is C19H16N2O4. The monoisotopic (exact) mass is 336 g/mol. The van der Waals surface area contributed by atoms with Crippen LogP contribution >= 0.6 is 0 Å². The Labute approximate surface area is 144 Å². The predicted octanol–water partition coefficient (Wildman–Crippen LogP) is 1.94. The van der Waals surface area contributed by atoms with Crippen molar-refractivity contribution in [3.63, 3.8) is 0 Å². The number of carbonyl (C=O) groups excluding carboxylic acids is 2. The molecule has 0 spiro atoms. The zero-order chi connectivity index (χ0) is 17.4. The summed E-state index contributed by atoms with van der Waals surface area (Å²) in [6.07, 6.45) is 6.20. The van der Waals surface area contributed by atoms with Crippen molar-refractivity contribution in [1.82, 2.24) is 5.32 Å². The molecule has 2 atom stereocenters. The minimum atomic E-state index is -0.783. The highest BCUT2D eigenvalue weighted by Crippen LogP contribution is 2.31. The molecule has 126 valence electrons. The van der Waals surface area contributed by atoms with Crippen LogP contribution in [0.2, 0.25) is 0 Å². The van der Waals surface area contributed by atoms with Gasteiger partial charge in [-0.2, -0.15) is 0 Å². The summed E-state index contributed by atoms with van der Waals surface area (Å²) in [6.45, 7) is 2.02. The van der Waals surface area contributed by atoms with Gasteiger partial charge in [-0.25, -0.2) is 4.99 Å². The third kappa shape index (κ3) is 2.98. The van der Waals surface area contributed by atoms with Gasteiger partial charge in [0.25, 0.3) is 5.91 Å². The van der Waals surface area contributed by atoms with Crippen LogP contribution in [-0.4, -0.2) is 30.2 Å². The fraction of sp³-hybridized carbons (Fsp3) is 0.211. The number of aliphatic imine (C=N–C) groups is 1. The van der Waals surface area contributed by atoms with E-state index >= 15 is 0 Å². The van der Waals surface area contributed by atoms with E-state index in [0.717, 1.165) is 11.3 Å². The van der Waals surface area contributed by atoms with E-state index in [9.17, 15) is 9.59 Å². The molecule has 0 bridgehead atoms. The van der Waals surface area contributed by atoms with Crippen LogP contribution in [0.1, 0.15) is 6.92 Å². The van der Waals surface area contributed by atoms with Crippen LogP contribution in [0, 0.1) is 5.92 Å². The number of rotatable bonds is 1. The molecule has 2 unspecified atom stereocenters. The number of nitrogens with one attached hydrogen (secondary N) is 1. The minimum absolute atomic E-state index is 0.0212. The van der Waals surface area contributed by atoms with Crippen molar-refractivity contribution in [2.75, 3.05) is 6.61 Å². The van der Waals surface area contributed by atoms with Crippen molar-refractivity contribution in [1.29, 1.82) is 0 Å². The number of allylic oxidation sites excluding steroid dienone is 3. The van der Waals surface area contributed by atoms with Gasteiger partial charge >= 0.3 is 0 Å². The Bertz CT molecular complexity index is 879. The van der Waals surface area contributed by atoms with Crippen molar-refractivity contribution in [3.8, 4) is 11.5 Å². The lowest BCUT2D eigenvalue weighted by atomic mass is 9.89.